The van der Waals surface area contributed by atoms with E-state index in [1.807, 2.05) is 30.5 Å². The summed E-state index contributed by atoms with van der Waals surface area (Å²) in [6.45, 7) is 7.09. The van der Waals surface area contributed by atoms with E-state index in [1.54, 1.807) is 6.20 Å². The molecule has 3 rings (SSSR count). The maximum Gasteiger partial charge on any atom is 0.155 e. The molecule has 0 fully saturated rings. The van der Waals surface area contributed by atoms with E-state index in [9.17, 15) is 4.79 Å². The van der Waals surface area contributed by atoms with Gasteiger partial charge in [0.2, 0.25) is 0 Å². The van der Waals surface area contributed by atoms with E-state index in [4.69, 9.17) is 5.11 Å². The van der Waals surface area contributed by atoms with Crippen molar-refractivity contribution in [3.05, 3.63) is 84.0 Å². The van der Waals surface area contributed by atoms with E-state index in [-0.39, 0.29) is 32.6 Å². The number of aliphatic hydroxyl groups excluding tert-OH is 1. The molecule has 0 atom stereocenters. The number of para-hydroxylation sites is 1. The minimum Gasteiger partial charge on any atom is -0.512 e. The van der Waals surface area contributed by atoms with Crippen molar-refractivity contribution in [3.8, 4) is 16.9 Å². The van der Waals surface area contributed by atoms with Crippen molar-refractivity contribution in [3.63, 3.8) is 0 Å². The standard InChI is InChI=1S/C17H15N2.C5H8O2.Pt/c1-13-6-5-7-14(2)17(13)19-11-9-15(12-19)16-8-3-4-10-18-16;1-4(6)3-5(2)7;/h3-11H,1-2H3;3,6H,1-2H3;/q-1;;/b;4-3-;. The number of aryl methyl sites for hydroxylation is 2. The normalized spacial score (nSPS) is 10.4. The van der Waals surface area contributed by atoms with Gasteiger partial charge in [-0.15, -0.1) is 6.07 Å². The summed E-state index contributed by atoms with van der Waals surface area (Å²) in [6, 6.07) is 14.3. The van der Waals surface area contributed by atoms with Gasteiger partial charge in [0.1, 0.15) is 0 Å². The number of pyridine rings is 1. The molecule has 5 heteroatoms. The van der Waals surface area contributed by atoms with E-state index >= 15 is 0 Å². The zero-order valence-electron chi connectivity index (χ0n) is 15.8. The first-order valence-electron chi connectivity index (χ1n) is 8.35. The van der Waals surface area contributed by atoms with Crippen molar-refractivity contribution >= 4 is 5.78 Å². The third-order valence-corrected chi connectivity index (χ3v) is 3.66. The zero-order valence-corrected chi connectivity index (χ0v) is 18.1. The number of nitrogens with zero attached hydrogens (tertiary/aromatic N) is 2. The number of aliphatic hydroxyl groups is 1. The van der Waals surface area contributed by atoms with E-state index in [1.165, 1.54) is 36.7 Å². The Morgan fingerprint density at radius 3 is 2.22 bits per heavy atom. The Kier molecular flexibility index (Phi) is 8.90. The number of rotatable bonds is 3. The number of aromatic nitrogens is 2. The molecule has 4 nitrogen and oxygen atoms in total. The van der Waals surface area contributed by atoms with Gasteiger partial charge in [-0.25, -0.2) is 0 Å². The fourth-order valence-electron chi connectivity index (χ4n) is 2.63. The number of benzene rings is 1. The number of allylic oxidation sites excluding steroid dienone is 2. The summed E-state index contributed by atoms with van der Waals surface area (Å²) in [5.74, 6) is -0.0625. The quantitative estimate of drug-likeness (QED) is 0.288. The molecule has 3 aromatic rings. The smallest absolute Gasteiger partial charge is 0.155 e. The van der Waals surface area contributed by atoms with Crippen LogP contribution >= 0.6 is 0 Å². The molecule has 0 unspecified atom stereocenters. The molecule has 2 aromatic heterocycles. The van der Waals surface area contributed by atoms with Crippen molar-refractivity contribution in [2.75, 3.05) is 0 Å². The summed E-state index contributed by atoms with van der Waals surface area (Å²) < 4.78 is 2.05. The Labute approximate surface area is 174 Å². The van der Waals surface area contributed by atoms with Crippen molar-refractivity contribution in [2.45, 2.75) is 27.7 Å². The number of ketones is 1. The monoisotopic (exact) mass is 542 g/mol. The predicted octanol–water partition coefficient (Wildman–Crippen LogP) is 4.99. The Morgan fingerprint density at radius 1 is 1.07 bits per heavy atom. The van der Waals surface area contributed by atoms with Gasteiger partial charge in [0.05, 0.1) is 5.76 Å². The second kappa shape index (κ2) is 10.6. The summed E-state index contributed by atoms with van der Waals surface area (Å²) in [6.07, 6.45) is 8.39. The van der Waals surface area contributed by atoms with Crippen LogP contribution in [0.3, 0.4) is 0 Å². The van der Waals surface area contributed by atoms with E-state index in [0.29, 0.717) is 0 Å². The van der Waals surface area contributed by atoms with Gasteiger partial charge in [0.15, 0.2) is 5.78 Å². The third kappa shape index (κ3) is 6.65. The Hall–Kier alpha value is -2.45. The molecule has 1 aromatic carbocycles. The van der Waals surface area contributed by atoms with Gasteiger partial charge in [-0.05, 0) is 45.6 Å². The van der Waals surface area contributed by atoms with Crippen molar-refractivity contribution in [1.29, 1.82) is 0 Å². The van der Waals surface area contributed by atoms with Crippen LogP contribution in [0.1, 0.15) is 25.0 Å². The molecule has 0 aliphatic rings. The average Bonchev–Trinajstić information content (AvgIpc) is 3.04. The van der Waals surface area contributed by atoms with Crippen LogP contribution < -0.4 is 0 Å². The maximum atomic E-state index is 10.0. The molecule has 0 radical (unpaired) electrons. The number of carbonyl (C=O) groups is 1. The first kappa shape index (κ1) is 22.6. The number of hydrogen-bond acceptors (Lipinski definition) is 3. The molecule has 0 aliphatic heterocycles. The van der Waals surface area contributed by atoms with Gasteiger partial charge in [-0.1, -0.05) is 53.2 Å². The fourth-order valence-corrected chi connectivity index (χ4v) is 2.63. The van der Waals surface area contributed by atoms with Gasteiger partial charge in [-0.3, -0.25) is 9.78 Å². The van der Waals surface area contributed by atoms with Crippen molar-refractivity contribution in [1.82, 2.24) is 9.55 Å². The summed E-state index contributed by atoms with van der Waals surface area (Å²) in [5.41, 5.74) is 5.67. The Morgan fingerprint density at radius 2 is 1.74 bits per heavy atom. The van der Waals surface area contributed by atoms with E-state index in [0.717, 1.165) is 11.3 Å². The van der Waals surface area contributed by atoms with Gasteiger partial charge in [-0.2, -0.15) is 0 Å². The third-order valence-electron chi connectivity index (χ3n) is 3.66. The number of carbonyl (C=O) groups excluding carboxylic acids is 1. The first-order chi connectivity index (χ1) is 12.4. The Balaban J connectivity index is 0.000000395. The molecule has 0 saturated heterocycles. The first-order valence-corrected chi connectivity index (χ1v) is 8.35. The minimum atomic E-state index is -0.125. The SMILES string of the molecule is CC(=O)/C=C(/C)O.Cc1cccc(C)c1-n1[c-]c(-c2ccccn2)cc1.[Pt]. The zero-order chi connectivity index (χ0) is 19.1. The van der Waals surface area contributed by atoms with E-state index in [2.05, 4.69) is 47.8 Å². The van der Waals surface area contributed by atoms with Gasteiger partial charge in [0.25, 0.3) is 0 Å². The fraction of sp³-hybridized carbons (Fsp3) is 0.182. The molecule has 2 heterocycles. The molecular formula is C22H23N2O2Pt-. The van der Waals surface area contributed by atoms with Crippen molar-refractivity contribution < 1.29 is 31.0 Å². The second-order valence-electron chi connectivity index (χ2n) is 6.06. The molecule has 1 N–H and O–H groups in total. The average molecular weight is 543 g/mol. The topological polar surface area (TPSA) is 55.1 Å². The largest absolute Gasteiger partial charge is 0.512 e. The molecule has 0 amide bonds. The van der Waals surface area contributed by atoms with Crippen LogP contribution in [-0.4, -0.2) is 20.4 Å². The van der Waals surface area contributed by atoms with Gasteiger partial charge < -0.3 is 9.67 Å². The van der Waals surface area contributed by atoms with Crippen LogP contribution in [0.25, 0.3) is 16.9 Å². The summed E-state index contributed by atoms with van der Waals surface area (Å²) in [7, 11) is 0. The molecule has 144 valence electrons. The van der Waals surface area contributed by atoms with Crippen molar-refractivity contribution in [2.24, 2.45) is 0 Å². The molecule has 0 saturated carbocycles. The van der Waals surface area contributed by atoms with Crippen LogP contribution in [0.4, 0.5) is 0 Å². The molecule has 0 bridgehead atoms. The van der Waals surface area contributed by atoms with Crippen LogP contribution in [0.15, 0.2) is 66.7 Å². The summed E-state index contributed by atoms with van der Waals surface area (Å²) in [5, 5.41) is 8.36. The van der Waals surface area contributed by atoms with Crippen LogP contribution in [-0.2, 0) is 25.9 Å². The second-order valence-corrected chi connectivity index (χ2v) is 6.06. The summed E-state index contributed by atoms with van der Waals surface area (Å²) in [4.78, 5) is 14.4. The summed E-state index contributed by atoms with van der Waals surface area (Å²) >= 11 is 0. The predicted molar refractivity (Wildman–Crippen MR) is 104 cm³/mol. The molecule has 27 heavy (non-hydrogen) atoms. The van der Waals surface area contributed by atoms with Crippen LogP contribution in [0.5, 0.6) is 0 Å². The van der Waals surface area contributed by atoms with Gasteiger partial charge in [0, 0.05) is 39.0 Å². The Bertz CT molecular complexity index is 891. The maximum absolute atomic E-state index is 10.0. The van der Waals surface area contributed by atoms with Crippen LogP contribution in [0.2, 0.25) is 0 Å². The number of hydrogen-bond donors (Lipinski definition) is 1. The minimum absolute atomic E-state index is 0. The van der Waals surface area contributed by atoms with E-state index < -0.39 is 0 Å². The molecular weight excluding hydrogens is 519 g/mol. The molecule has 0 spiro atoms. The van der Waals surface area contributed by atoms with Gasteiger partial charge >= 0.3 is 0 Å². The van der Waals surface area contributed by atoms with Crippen LogP contribution in [0, 0.1) is 20.0 Å². The molecule has 0 aliphatic carbocycles.